The minimum Gasteiger partial charge on any atom is -0.377 e. The number of aromatic nitrogens is 1. The molecule has 0 bridgehead atoms. The van der Waals surface area contributed by atoms with Crippen molar-refractivity contribution >= 4 is 11.7 Å². The number of carbonyl (C=O) groups excluding carboxylic acids is 1. The van der Waals surface area contributed by atoms with Gasteiger partial charge in [-0.25, -0.2) is 4.98 Å². The van der Waals surface area contributed by atoms with Crippen LogP contribution >= 0.6 is 0 Å². The van der Waals surface area contributed by atoms with Gasteiger partial charge in [0.2, 0.25) is 0 Å². The molecule has 1 aromatic rings. The number of pyridine rings is 1. The summed E-state index contributed by atoms with van der Waals surface area (Å²) in [5.41, 5.74) is 0.422. The van der Waals surface area contributed by atoms with Crippen molar-refractivity contribution in [2.24, 2.45) is 0 Å². The van der Waals surface area contributed by atoms with E-state index < -0.39 is 0 Å². The number of hydrogen-bond acceptors (Lipinski definition) is 4. The number of carbonyl (C=O) groups is 1. The summed E-state index contributed by atoms with van der Waals surface area (Å²) in [5, 5.41) is 5.94. The molecular weight excluding hydrogens is 242 g/mol. The third-order valence-electron chi connectivity index (χ3n) is 2.38. The van der Waals surface area contributed by atoms with E-state index >= 15 is 0 Å². The largest absolute Gasteiger partial charge is 0.377 e. The van der Waals surface area contributed by atoms with Gasteiger partial charge in [0.05, 0.1) is 12.7 Å². The van der Waals surface area contributed by atoms with Crippen LogP contribution in [0.2, 0.25) is 0 Å². The summed E-state index contributed by atoms with van der Waals surface area (Å²) < 4.78 is 5.36. The predicted octanol–water partition coefficient (Wildman–Crippen LogP) is 2.06. The fourth-order valence-corrected chi connectivity index (χ4v) is 1.46. The quantitative estimate of drug-likeness (QED) is 0.706. The summed E-state index contributed by atoms with van der Waals surface area (Å²) in [6.07, 6.45) is 1.20. The topological polar surface area (TPSA) is 63.2 Å². The molecule has 0 fully saturated rings. The molecule has 19 heavy (non-hydrogen) atoms. The van der Waals surface area contributed by atoms with Crippen LogP contribution in [-0.4, -0.2) is 36.7 Å². The molecular formula is C14H23N3O2. The van der Waals surface area contributed by atoms with Gasteiger partial charge in [-0.05, 0) is 32.4 Å². The molecule has 106 valence electrons. The molecule has 0 unspecified atom stereocenters. The average Bonchev–Trinajstić information content (AvgIpc) is 2.41. The Hall–Kier alpha value is -1.62. The van der Waals surface area contributed by atoms with E-state index in [4.69, 9.17) is 4.74 Å². The van der Waals surface area contributed by atoms with Gasteiger partial charge < -0.3 is 15.4 Å². The van der Waals surface area contributed by atoms with Crippen LogP contribution in [0.25, 0.3) is 0 Å². The molecule has 0 saturated carbocycles. The Morgan fingerprint density at radius 1 is 1.37 bits per heavy atom. The maximum atomic E-state index is 11.9. The molecule has 5 nitrogen and oxygen atoms in total. The first-order valence-electron chi connectivity index (χ1n) is 6.74. The normalized spacial score (nSPS) is 10.5. The Morgan fingerprint density at radius 2 is 2.16 bits per heavy atom. The summed E-state index contributed by atoms with van der Waals surface area (Å²) >= 11 is 0. The molecule has 0 saturated heterocycles. The summed E-state index contributed by atoms with van der Waals surface area (Å²) in [7, 11) is 0. The van der Waals surface area contributed by atoms with Crippen LogP contribution in [0.15, 0.2) is 18.2 Å². The van der Waals surface area contributed by atoms with Crippen LogP contribution in [0.4, 0.5) is 5.82 Å². The number of amides is 1. The molecule has 0 aliphatic carbocycles. The van der Waals surface area contributed by atoms with Crippen molar-refractivity contribution in [3.05, 3.63) is 23.9 Å². The summed E-state index contributed by atoms with van der Waals surface area (Å²) in [4.78, 5) is 16.1. The minimum absolute atomic E-state index is 0.174. The van der Waals surface area contributed by atoms with Crippen LogP contribution in [0.1, 0.15) is 37.7 Å². The summed E-state index contributed by atoms with van der Waals surface area (Å²) in [6.45, 7) is 7.86. The van der Waals surface area contributed by atoms with Crippen molar-refractivity contribution in [3.63, 3.8) is 0 Å². The van der Waals surface area contributed by atoms with Crippen LogP contribution < -0.4 is 10.6 Å². The highest BCUT2D eigenvalue weighted by molar-refractivity contribution is 5.92. The van der Waals surface area contributed by atoms with Gasteiger partial charge in [0.1, 0.15) is 11.5 Å². The van der Waals surface area contributed by atoms with E-state index in [2.05, 4.69) is 22.5 Å². The van der Waals surface area contributed by atoms with Gasteiger partial charge >= 0.3 is 0 Å². The first-order valence-corrected chi connectivity index (χ1v) is 6.74. The van der Waals surface area contributed by atoms with E-state index in [1.54, 1.807) is 6.07 Å². The summed E-state index contributed by atoms with van der Waals surface area (Å²) in [6, 6.07) is 5.38. The first kappa shape index (κ1) is 15.4. The Kier molecular flexibility index (Phi) is 6.89. The fourth-order valence-electron chi connectivity index (χ4n) is 1.46. The van der Waals surface area contributed by atoms with Crippen molar-refractivity contribution in [2.45, 2.75) is 33.3 Å². The fraction of sp³-hybridized carbons (Fsp3) is 0.571. The molecule has 0 aliphatic rings. The van der Waals surface area contributed by atoms with Crippen LogP contribution in [0.5, 0.6) is 0 Å². The highest BCUT2D eigenvalue weighted by Crippen LogP contribution is 2.04. The lowest BCUT2D eigenvalue weighted by Crippen LogP contribution is -2.28. The Morgan fingerprint density at radius 3 is 2.84 bits per heavy atom. The molecule has 5 heteroatoms. The standard InChI is InChI=1S/C14H23N3O2/c1-4-8-15-13-7-5-6-12(17-13)14(18)16-9-10-19-11(2)3/h5-7,11H,4,8-10H2,1-3H3,(H,15,17)(H,16,18). The van der Waals surface area contributed by atoms with Gasteiger partial charge in [-0.3, -0.25) is 4.79 Å². The van der Waals surface area contributed by atoms with Crippen molar-refractivity contribution in [3.8, 4) is 0 Å². The second-order valence-electron chi connectivity index (χ2n) is 4.51. The highest BCUT2D eigenvalue weighted by atomic mass is 16.5. The number of rotatable bonds is 8. The molecule has 2 N–H and O–H groups in total. The maximum absolute atomic E-state index is 11.9. The van der Waals surface area contributed by atoms with Gasteiger partial charge in [0.25, 0.3) is 5.91 Å². The Balaban J connectivity index is 2.43. The number of hydrogen-bond donors (Lipinski definition) is 2. The molecule has 0 spiro atoms. The van der Waals surface area contributed by atoms with Crippen molar-refractivity contribution in [2.75, 3.05) is 25.0 Å². The van der Waals surface area contributed by atoms with E-state index in [0.29, 0.717) is 18.8 Å². The van der Waals surface area contributed by atoms with Crippen molar-refractivity contribution in [1.29, 1.82) is 0 Å². The van der Waals surface area contributed by atoms with Gasteiger partial charge in [-0.15, -0.1) is 0 Å². The SMILES string of the molecule is CCCNc1cccc(C(=O)NCCOC(C)C)n1. The van der Waals surface area contributed by atoms with Crippen LogP contribution in [0.3, 0.4) is 0 Å². The molecule has 0 aromatic carbocycles. The molecule has 1 aromatic heterocycles. The zero-order valence-electron chi connectivity index (χ0n) is 11.9. The lowest BCUT2D eigenvalue weighted by atomic mass is 10.3. The van der Waals surface area contributed by atoms with Gasteiger partial charge in [0, 0.05) is 13.1 Å². The predicted molar refractivity (Wildman–Crippen MR) is 76.4 cm³/mol. The number of nitrogens with one attached hydrogen (secondary N) is 2. The molecule has 1 amide bonds. The van der Waals surface area contributed by atoms with E-state index in [9.17, 15) is 4.79 Å². The van der Waals surface area contributed by atoms with E-state index in [-0.39, 0.29) is 12.0 Å². The third-order valence-corrected chi connectivity index (χ3v) is 2.38. The lowest BCUT2D eigenvalue weighted by molar-refractivity contribution is 0.0745. The maximum Gasteiger partial charge on any atom is 0.270 e. The van der Waals surface area contributed by atoms with Crippen LogP contribution in [0, 0.1) is 0 Å². The molecule has 0 aliphatic heterocycles. The second-order valence-corrected chi connectivity index (χ2v) is 4.51. The van der Waals surface area contributed by atoms with Gasteiger partial charge in [0.15, 0.2) is 0 Å². The van der Waals surface area contributed by atoms with Crippen molar-refractivity contribution < 1.29 is 9.53 Å². The van der Waals surface area contributed by atoms with Crippen molar-refractivity contribution in [1.82, 2.24) is 10.3 Å². The number of ether oxygens (including phenoxy) is 1. The first-order chi connectivity index (χ1) is 9.13. The van der Waals surface area contributed by atoms with Gasteiger partial charge in [-0.2, -0.15) is 0 Å². The molecule has 0 atom stereocenters. The average molecular weight is 265 g/mol. The lowest BCUT2D eigenvalue weighted by Gasteiger charge is -2.09. The Bertz CT molecular complexity index is 394. The van der Waals surface area contributed by atoms with Gasteiger partial charge in [-0.1, -0.05) is 13.0 Å². The molecule has 1 heterocycles. The summed E-state index contributed by atoms with van der Waals surface area (Å²) in [5.74, 6) is 0.556. The van der Waals surface area contributed by atoms with E-state index in [1.807, 2.05) is 26.0 Å². The van der Waals surface area contributed by atoms with E-state index in [1.165, 1.54) is 0 Å². The highest BCUT2D eigenvalue weighted by Gasteiger charge is 2.07. The zero-order valence-corrected chi connectivity index (χ0v) is 11.9. The smallest absolute Gasteiger partial charge is 0.270 e. The third kappa shape index (κ3) is 6.20. The second kappa shape index (κ2) is 8.48. The Labute approximate surface area is 114 Å². The number of nitrogens with zero attached hydrogens (tertiary/aromatic N) is 1. The monoisotopic (exact) mass is 265 g/mol. The van der Waals surface area contributed by atoms with E-state index in [0.717, 1.165) is 18.8 Å². The number of anilines is 1. The zero-order chi connectivity index (χ0) is 14.1. The molecule has 0 radical (unpaired) electrons. The molecule has 1 rings (SSSR count). The minimum atomic E-state index is -0.174. The van der Waals surface area contributed by atoms with Crippen LogP contribution in [-0.2, 0) is 4.74 Å².